The van der Waals surface area contributed by atoms with Crippen molar-refractivity contribution in [1.82, 2.24) is 20.3 Å². The third kappa shape index (κ3) is 5.71. The largest absolute Gasteiger partial charge is 0.464 e. The fourth-order valence-electron chi connectivity index (χ4n) is 3.86. The standard InChI is InChI=1S/C26H28ClN5O3/c1-17(2)13-14-28-26(34)25(23-12-11-18(3)35-23)32(20-8-6-7-19(27)15-20)24(33)16-31-22-10-5-4-9-21(22)29-30-31/h4-12,15,17,25H,13-14,16H2,1-3H3,(H,28,34)/t25-/m0/s1. The van der Waals surface area contributed by atoms with Crippen LogP contribution in [0.2, 0.25) is 5.02 Å². The Kier molecular flexibility index (Phi) is 7.51. The Bertz CT molecular complexity index is 1330. The van der Waals surface area contributed by atoms with Crippen molar-refractivity contribution in [1.29, 1.82) is 0 Å². The monoisotopic (exact) mass is 493 g/mol. The van der Waals surface area contributed by atoms with Gasteiger partial charge in [0, 0.05) is 17.3 Å². The number of nitrogens with zero attached hydrogens (tertiary/aromatic N) is 4. The Morgan fingerprint density at radius 3 is 2.63 bits per heavy atom. The Morgan fingerprint density at radius 2 is 1.91 bits per heavy atom. The highest BCUT2D eigenvalue weighted by molar-refractivity contribution is 6.31. The molecule has 182 valence electrons. The minimum Gasteiger partial charge on any atom is -0.464 e. The molecule has 9 heteroatoms. The summed E-state index contributed by atoms with van der Waals surface area (Å²) in [5.41, 5.74) is 1.88. The molecular formula is C26H28ClN5O3. The molecule has 0 aliphatic heterocycles. The number of aryl methyl sites for hydroxylation is 1. The van der Waals surface area contributed by atoms with Gasteiger partial charge in [0.15, 0.2) is 6.04 Å². The second-order valence-corrected chi connectivity index (χ2v) is 9.24. The van der Waals surface area contributed by atoms with Crippen molar-refractivity contribution in [3.63, 3.8) is 0 Å². The van der Waals surface area contributed by atoms with Crippen LogP contribution in [0.4, 0.5) is 5.69 Å². The lowest BCUT2D eigenvalue weighted by Crippen LogP contribution is -2.45. The van der Waals surface area contributed by atoms with Gasteiger partial charge in [0.25, 0.3) is 5.91 Å². The number of carbonyl (C=O) groups excluding carboxylic acids is 2. The quantitative estimate of drug-likeness (QED) is 0.357. The van der Waals surface area contributed by atoms with E-state index in [0.29, 0.717) is 40.2 Å². The van der Waals surface area contributed by atoms with Crippen LogP contribution in [0, 0.1) is 12.8 Å². The number of fused-ring (bicyclic) bond motifs is 1. The van der Waals surface area contributed by atoms with E-state index in [1.165, 1.54) is 9.58 Å². The normalized spacial score (nSPS) is 12.1. The fourth-order valence-corrected chi connectivity index (χ4v) is 4.04. The number of hydrogen-bond acceptors (Lipinski definition) is 5. The fraction of sp³-hybridized carbons (Fsp3) is 0.308. The molecule has 0 aliphatic rings. The van der Waals surface area contributed by atoms with E-state index >= 15 is 0 Å². The minimum absolute atomic E-state index is 0.123. The van der Waals surface area contributed by atoms with Gasteiger partial charge in [0.2, 0.25) is 5.91 Å². The van der Waals surface area contributed by atoms with Gasteiger partial charge in [-0.25, -0.2) is 4.68 Å². The van der Waals surface area contributed by atoms with Gasteiger partial charge in [-0.05, 0) is 61.7 Å². The summed E-state index contributed by atoms with van der Waals surface area (Å²) < 4.78 is 7.38. The Hall–Kier alpha value is -3.65. The predicted octanol–water partition coefficient (Wildman–Crippen LogP) is 4.92. The van der Waals surface area contributed by atoms with E-state index in [1.54, 1.807) is 43.3 Å². The van der Waals surface area contributed by atoms with Gasteiger partial charge in [0.05, 0.1) is 5.52 Å². The van der Waals surface area contributed by atoms with Gasteiger partial charge in [-0.15, -0.1) is 5.10 Å². The molecule has 2 heterocycles. The molecule has 0 radical (unpaired) electrons. The molecule has 2 aromatic carbocycles. The topological polar surface area (TPSA) is 93.3 Å². The molecule has 2 aromatic heterocycles. The lowest BCUT2D eigenvalue weighted by Gasteiger charge is -2.30. The molecule has 8 nitrogen and oxygen atoms in total. The summed E-state index contributed by atoms with van der Waals surface area (Å²) >= 11 is 6.28. The average Bonchev–Trinajstić information content (AvgIpc) is 3.43. The van der Waals surface area contributed by atoms with Gasteiger partial charge >= 0.3 is 0 Å². The number of nitrogens with one attached hydrogen (secondary N) is 1. The molecule has 4 aromatic rings. The molecule has 0 aliphatic carbocycles. The van der Waals surface area contributed by atoms with Crippen LogP contribution in [0.3, 0.4) is 0 Å². The highest BCUT2D eigenvalue weighted by Gasteiger charge is 2.35. The highest BCUT2D eigenvalue weighted by atomic mass is 35.5. The van der Waals surface area contributed by atoms with Crippen molar-refractivity contribution in [3.05, 3.63) is 77.2 Å². The maximum atomic E-state index is 13.8. The number of carbonyl (C=O) groups is 2. The number of anilines is 1. The van der Waals surface area contributed by atoms with Crippen LogP contribution in [0.25, 0.3) is 11.0 Å². The van der Waals surface area contributed by atoms with Crippen LogP contribution in [-0.4, -0.2) is 33.4 Å². The van der Waals surface area contributed by atoms with E-state index in [4.69, 9.17) is 16.0 Å². The number of halogens is 1. The van der Waals surface area contributed by atoms with Crippen molar-refractivity contribution < 1.29 is 14.0 Å². The predicted molar refractivity (Wildman–Crippen MR) is 135 cm³/mol. The summed E-state index contributed by atoms with van der Waals surface area (Å²) in [4.78, 5) is 28.8. The summed E-state index contributed by atoms with van der Waals surface area (Å²) in [6, 6.07) is 16.7. The molecule has 2 amide bonds. The molecule has 0 fully saturated rings. The highest BCUT2D eigenvalue weighted by Crippen LogP contribution is 2.31. The molecule has 4 rings (SSSR count). The van der Waals surface area contributed by atoms with Crippen LogP contribution in [0.1, 0.15) is 37.8 Å². The summed E-state index contributed by atoms with van der Waals surface area (Å²) in [5, 5.41) is 11.7. The van der Waals surface area contributed by atoms with Gasteiger partial charge in [-0.3, -0.25) is 14.5 Å². The Labute approximate surface area is 208 Å². The van der Waals surface area contributed by atoms with E-state index in [1.807, 2.05) is 24.3 Å². The first-order valence-electron chi connectivity index (χ1n) is 11.5. The first-order chi connectivity index (χ1) is 16.8. The van der Waals surface area contributed by atoms with E-state index < -0.39 is 6.04 Å². The number of furan rings is 1. The lowest BCUT2D eigenvalue weighted by molar-refractivity contribution is -0.127. The second kappa shape index (κ2) is 10.7. The van der Waals surface area contributed by atoms with Crippen LogP contribution < -0.4 is 10.2 Å². The lowest BCUT2D eigenvalue weighted by atomic mass is 10.1. The van der Waals surface area contributed by atoms with E-state index in [9.17, 15) is 9.59 Å². The van der Waals surface area contributed by atoms with Gasteiger partial charge in [-0.1, -0.05) is 48.9 Å². The number of hydrogen-bond donors (Lipinski definition) is 1. The van der Waals surface area contributed by atoms with Crippen LogP contribution >= 0.6 is 11.6 Å². The van der Waals surface area contributed by atoms with E-state index in [-0.39, 0.29) is 18.4 Å². The van der Waals surface area contributed by atoms with Crippen LogP contribution in [0.15, 0.2) is 65.1 Å². The molecule has 0 saturated heterocycles. The number of para-hydroxylation sites is 1. The van der Waals surface area contributed by atoms with E-state index in [2.05, 4.69) is 29.5 Å². The zero-order valence-electron chi connectivity index (χ0n) is 19.9. The molecule has 0 saturated carbocycles. The van der Waals surface area contributed by atoms with E-state index in [0.717, 1.165) is 11.9 Å². The molecule has 0 bridgehead atoms. The Balaban J connectivity index is 1.74. The first kappa shape index (κ1) is 24.5. The SMILES string of the molecule is Cc1ccc([C@@H](C(=O)NCCC(C)C)N(C(=O)Cn2nnc3ccccc32)c2cccc(Cl)c2)o1. The van der Waals surface area contributed by atoms with Crippen molar-refractivity contribution in [2.75, 3.05) is 11.4 Å². The molecule has 35 heavy (non-hydrogen) atoms. The molecule has 1 atom stereocenters. The zero-order chi connectivity index (χ0) is 24.9. The summed E-state index contributed by atoms with van der Waals surface area (Å²) in [5.74, 6) is 0.727. The maximum Gasteiger partial charge on any atom is 0.251 e. The Morgan fingerprint density at radius 1 is 1.11 bits per heavy atom. The third-order valence-electron chi connectivity index (χ3n) is 5.62. The van der Waals surface area contributed by atoms with Crippen molar-refractivity contribution in [3.8, 4) is 0 Å². The first-order valence-corrected chi connectivity index (χ1v) is 11.9. The third-order valence-corrected chi connectivity index (χ3v) is 5.85. The van der Waals surface area contributed by atoms with Crippen LogP contribution in [-0.2, 0) is 16.1 Å². The summed E-state index contributed by atoms with van der Waals surface area (Å²) in [6.45, 7) is 6.33. The maximum absolute atomic E-state index is 13.8. The second-order valence-electron chi connectivity index (χ2n) is 8.80. The van der Waals surface area contributed by atoms with Crippen molar-refractivity contribution in [2.45, 2.75) is 39.8 Å². The molecule has 1 N–H and O–H groups in total. The summed E-state index contributed by atoms with van der Waals surface area (Å²) in [6.07, 6.45) is 0.811. The van der Waals surface area contributed by atoms with Gasteiger partial charge < -0.3 is 9.73 Å². The summed E-state index contributed by atoms with van der Waals surface area (Å²) in [7, 11) is 0. The van der Waals surface area contributed by atoms with Crippen molar-refractivity contribution >= 4 is 40.1 Å². The van der Waals surface area contributed by atoms with Gasteiger partial charge in [-0.2, -0.15) is 0 Å². The van der Waals surface area contributed by atoms with Gasteiger partial charge in [0.1, 0.15) is 23.6 Å². The molecular weight excluding hydrogens is 466 g/mol. The minimum atomic E-state index is -1.03. The smallest absolute Gasteiger partial charge is 0.251 e. The number of benzene rings is 2. The number of amides is 2. The van der Waals surface area contributed by atoms with Crippen LogP contribution in [0.5, 0.6) is 0 Å². The average molecular weight is 494 g/mol. The molecule has 0 spiro atoms. The number of aromatic nitrogens is 3. The zero-order valence-corrected chi connectivity index (χ0v) is 20.7. The number of rotatable bonds is 9. The van der Waals surface area contributed by atoms with Crippen molar-refractivity contribution in [2.24, 2.45) is 5.92 Å². The molecule has 0 unspecified atom stereocenters.